The van der Waals surface area contributed by atoms with Crippen LogP contribution in [0.15, 0.2) is 73.2 Å². The highest BCUT2D eigenvalue weighted by Crippen LogP contribution is 2.30. The fraction of sp³-hybridized carbons (Fsp3) is 0. The van der Waals surface area contributed by atoms with Crippen LogP contribution in [0.1, 0.15) is 0 Å². The summed E-state index contributed by atoms with van der Waals surface area (Å²) in [6.07, 6.45) is 5.24. The Hall–Kier alpha value is -2.74. The highest BCUT2D eigenvalue weighted by molar-refractivity contribution is 6.04. The molecule has 1 aromatic heterocycles. The number of fused-ring (bicyclic) bond motifs is 2. The van der Waals surface area contributed by atoms with E-state index in [1.54, 1.807) is 12.4 Å². The van der Waals surface area contributed by atoms with Crippen LogP contribution in [-0.2, 0) is 0 Å². The molecule has 4 aromatic rings. The lowest BCUT2D eigenvalue weighted by atomic mass is 9.98. The van der Waals surface area contributed by atoms with E-state index in [9.17, 15) is 0 Å². The number of benzene rings is 3. The van der Waals surface area contributed by atoms with Crippen LogP contribution < -0.4 is 0 Å². The third kappa shape index (κ3) is 1.74. The molecule has 0 amide bonds. The quantitative estimate of drug-likeness (QED) is 0.470. The van der Waals surface area contributed by atoms with E-state index in [2.05, 4.69) is 64.6 Å². The molecule has 0 saturated carbocycles. The lowest BCUT2D eigenvalue weighted by molar-refractivity contribution is 1.21. The van der Waals surface area contributed by atoms with Gasteiger partial charge < -0.3 is 0 Å². The van der Waals surface area contributed by atoms with Gasteiger partial charge in [-0.2, -0.15) is 0 Å². The Kier molecular flexibility index (Phi) is 2.46. The molecule has 3 aromatic carbocycles. The third-order valence-electron chi connectivity index (χ3n) is 3.59. The van der Waals surface area contributed by atoms with Gasteiger partial charge in [-0.1, -0.05) is 42.5 Å². The highest BCUT2D eigenvalue weighted by atomic mass is 14.8. The van der Waals surface area contributed by atoms with Crippen LogP contribution in [0.2, 0.25) is 0 Å². The van der Waals surface area contributed by atoms with Gasteiger partial charge in [0.15, 0.2) is 0 Å². The average Bonchev–Trinajstić information content (AvgIpc) is 2.53. The molecule has 4 rings (SSSR count). The van der Waals surface area contributed by atoms with Crippen LogP contribution in [0, 0.1) is 0 Å². The lowest BCUT2D eigenvalue weighted by Crippen LogP contribution is -1.86. The van der Waals surface area contributed by atoms with Gasteiger partial charge >= 0.3 is 0 Å². The Morgan fingerprint density at radius 2 is 1.50 bits per heavy atom. The van der Waals surface area contributed by atoms with Crippen LogP contribution in [0.5, 0.6) is 0 Å². The predicted molar refractivity (Wildman–Crippen MR) is 82.5 cm³/mol. The first-order chi connectivity index (χ1) is 9.92. The van der Waals surface area contributed by atoms with Gasteiger partial charge in [-0.05, 0) is 33.7 Å². The lowest BCUT2D eigenvalue weighted by Gasteiger charge is -2.07. The zero-order valence-corrected chi connectivity index (χ0v) is 10.8. The maximum atomic E-state index is 4.42. The van der Waals surface area contributed by atoms with Crippen LogP contribution in [-0.4, -0.2) is 9.97 Å². The Balaban J connectivity index is 2.09. The fourth-order valence-corrected chi connectivity index (χ4v) is 2.63. The molecular formula is C18H12N2. The Morgan fingerprint density at radius 3 is 2.30 bits per heavy atom. The molecule has 2 nitrogen and oxygen atoms in total. The summed E-state index contributed by atoms with van der Waals surface area (Å²) in [5.74, 6) is 0. The number of rotatable bonds is 1. The summed E-state index contributed by atoms with van der Waals surface area (Å²) in [7, 11) is 0. The molecule has 0 aliphatic heterocycles. The first-order valence-electron chi connectivity index (χ1n) is 6.60. The van der Waals surface area contributed by atoms with Gasteiger partial charge in [-0.15, -0.1) is 0 Å². The van der Waals surface area contributed by atoms with E-state index in [0.717, 1.165) is 11.3 Å². The van der Waals surface area contributed by atoms with E-state index in [4.69, 9.17) is 0 Å². The molecule has 1 heterocycles. The number of hydrogen-bond acceptors (Lipinski definition) is 2. The van der Waals surface area contributed by atoms with Crippen molar-refractivity contribution in [3.8, 4) is 11.3 Å². The summed E-state index contributed by atoms with van der Waals surface area (Å²) >= 11 is 0. The second kappa shape index (κ2) is 4.42. The van der Waals surface area contributed by atoms with E-state index < -0.39 is 0 Å². The maximum absolute atomic E-state index is 4.42. The van der Waals surface area contributed by atoms with E-state index in [0.29, 0.717) is 0 Å². The SMILES string of the molecule is c1ccc2cc3c(-c4cnccn4)cccc3cc2c1. The molecule has 0 atom stereocenters. The second-order valence-corrected chi connectivity index (χ2v) is 4.82. The van der Waals surface area contributed by atoms with Crippen molar-refractivity contribution in [1.82, 2.24) is 9.97 Å². The topological polar surface area (TPSA) is 25.8 Å². The molecule has 20 heavy (non-hydrogen) atoms. The van der Waals surface area contributed by atoms with Crippen LogP contribution in [0.4, 0.5) is 0 Å². The number of hydrogen-bond donors (Lipinski definition) is 0. The van der Waals surface area contributed by atoms with Gasteiger partial charge in [0.2, 0.25) is 0 Å². The summed E-state index contributed by atoms with van der Waals surface area (Å²) in [4.78, 5) is 8.58. The zero-order valence-electron chi connectivity index (χ0n) is 10.8. The van der Waals surface area contributed by atoms with Gasteiger partial charge in [-0.3, -0.25) is 9.97 Å². The maximum Gasteiger partial charge on any atom is 0.0891 e. The monoisotopic (exact) mass is 256 g/mol. The number of aromatic nitrogens is 2. The summed E-state index contributed by atoms with van der Waals surface area (Å²) in [6, 6.07) is 19.2. The minimum atomic E-state index is 0.911. The van der Waals surface area contributed by atoms with Crippen molar-refractivity contribution in [1.29, 1.82) is 0 Å². The van der Waals surface area contributed by atoms with Crippen molar-refractivity contribution < 1.29 is 0 Å². The minimum absolute atomic E-state index is 0.911. The second-order valence-electron chi connectivity index (χ2n) is 4.82. The summed E-state index contributed by atoms with van der Waals surface area (Å²) in [5.41, 5.74) is 2.04. The van der Waals surface area contributed by atoms with E-state index in [1.165, 1.54) is 21.5 Å². The van der Waals surface area contributed by atoms with Crippen LogP contribution in [0.25, 0.3) is 32.8 Å². The highest BCUT2D eigenvalue weighted by Gasteiger charge is 2.06. The fourth-order valence-electron chi connectivity index (χ4n) is 2.63. The van der Waals surface area contributed by atoms with E-state index >= 15 is 0 Å². The Labute approximate surface area is 116 Å². The molecule has 0 bridgehead atoms. The van der Waals surface area contributed by atoms with Crippen molar-refractivity contribution in [3.05, 3.63) is 73.2 Å². The predicted octanol–water partition coefficient (Wildman–Crippen LogP) is 4.45. The van der Waals surface area contributed by atoms with Crippen molar-refractivity contribution in [2.24, 2.45) is 0 Å². The standard InChI is InChI=1S/C18H12N2/c1-2-5-14-11-17-15(10-13(14)4-1)6-3-7-16(17)18-12-19-8-9-20-18/h1-12H. The summed E-state index contributed by atoms with van der Waals surface area (Å²) in [6.45, 7) is 0. The van der Waals surface area contributed by atoms with Crippen molar-refractivity contribution in [2.75, 3.05) is 0 Å². The molecule has 0 aliphatic rings. The first-order valence-corrected chi connectivity index (χ1v) is 6.60. The zero-order chi connectivity index (χ0) is 13.4. The summed E-state index contributed by atoms with van der Waals surface area (Å²) in [5, 5.41) is 4.95. The van der Waals surface area contributed by atoms with Crippen molar-refractivity contribution >= 4 is 21.5 Å². The molecule has 0 aliphatic carbocycles. The minimum Gasteiger partial charge on any atom is -0.261 e. The van der Waals surface area contributed by atoms with Gasteiger partial charge in [0.1, 0.15) is 0 Å². The third-order valence-corrected chi connectivity index (χ3v) is 3.59. The molecular weight excluding hydrogens is 244 g/mol. The van der Waals surface area contributed by atoms with Gasteiger partial charge in [-0.25, -0.2) is 0 Å². The van der Waals surface area contributed by atoms with Crippen molar-refractivity contribution in [3.63, 3.8) is 0 Å². The largest absolute Gasteiger partial charge is 0.261 e. The first kappa shape index (κ1) is 11.1. The number of nitrogens with zero attached hydrogens (tertiary/aromatic N) is 2. The molecule has 94 valence electrons. The molecule has 2 heteroatoms. The van der Waals surface area contributed by atoms with Crippen molar-refractivity contribution in [2.45, 2.75) is 0 Å². The molecule has 0 unspecified atom stereocenters. The molecule has 0 spiro atoms. The Morgan fingerprint density at radius 1 is 0.700 bits per heavy atom. The van der Waals surface area contributed by atoms with Crippen LogP contribution in [0.3, 0.4) is 0 Å². The van der Waals surface area contributed by atoms with E-state index in [1.807, 2.05) is 6.20 Å². The molecule has 0 radical (unpaired) electrons. The van der Waals surface area contributed by atoms with Gasteiger partial charge in [0, 0.05) is 18.0 Å². The van der Waals surface area contributed by atoms with E-state index in [-0.39, 0.29) is 0 Å². The molecule has 0 fully saturated rings. The molecule has 0 N–H and O–H groups in total. The van der Waals surface area contributed by atoms with Gasteiger partial charge in [0.25, 0.3) is 0 Å². The van der Waals surface area contributed by atoms with Gasteiger partial charge in [0.05, 0.1) is 11.9 Å². The summed E-state index contributed by atoms with van der Waals surface area (Å²) < 4.78 is 0. The average molecular weight is 256 g/mol. The van der Waals surface area contributed by atoms with Crippen LogP contribution >= 0.6 is 0 Å². The smallest absolute Gasteiger partial charge is 0.0891 e. The normalized spacial score (nSPS) is 11.0. The Bertz CT molecular complexity index is 899. The molecule has 0 saturated heterocycles.